The summed E-state index contributed by atoms with van der Waals surface area (Å²) in [6.45, 7) is 2.09. The number of aryl methyl sites for hydroxylation is 1. The molecule has 2 heterocycles. The summed E-state index contributed by atoms with van der Waals surface area (Å²) < 4.78 is 2.41. The van der Waals surface area contributed by atoms with Crippen molar-refractivity contribution in [2.45, 2.75) is 6.92 Å². The van der Waals surface area contributed by atoms with E-state index in [-0.39, 0.29) is 14.5 Å². The molecule has 4 heteroatoms. The van der Waals surface area contributed by atoms with Crippen LogP contribution < -0.4 is 0 Å². The fourth-order valence-electron chi connectivity index (χ4n) is 1.69. The molecule has 0 aliphatic carbocycles. The van der Waals surface area contributed by atoms with Crippen LogP contribution in [-0.4, -0.2) is 24.5 Å². The van der Waals surface area contributed by atoms with Crippen LogP contribution in [0.2, 0.25) is 5.15 Å². The first-order valence-corrected chi connectivity index (χ1v) is 7.30. The van der Waals surface area contributed by atoms with Gasteiger partial charge in [-0.05, 0) is 0 Å². The Kier molecular flexibility index (Phi) is 2.75. The first kappa shape index (κ1) is 11.0. The summed E-state index contributed by atoms with van der Waals surface area (Å²) >= 11 is 6.29. The monoisotopic (exact) mass is 308 g/mol. The molecular formula is C13H9ClN2Se. The Labute approximate surface area is 110 Å². The molecule has 0 bridgehead atoms. The van der Waals surface area contributed by atoms with Crippen LogP contribution in [0.25, 0.3) is 19.8 Å². The van der Waals surface area contributed by atoms with Crippen molar-refractivity contribution >= 4 is 35.9 Å². The van der Waals surface area contributed by atoms with E-state index in [9.17, 15) is 0 Å². The van der Waals surface area contributed by atoms with E-state index in [1.165, 1.54) is 21.9 Å². The van der Waals surface area contributed by atoms with Gasteiger partial charge in [-0.15, -0.1) is 0 Å². The molecule has 84 valence electrons. The Balaban J connectivity index is 2.18. The molecule has 0 radical (unpaired) electrons. The third-order valence-corrected chi connectivity index (χ3v) is 5.62. The Morgan fingerprint density at radius 3 is 2.59 bits per heavy atom. The fourth-order valence-corrected chi connectivity index (χ4v) is 4.12. The second kappa shape index (κ2) is 4.26. The summed E-state index contributed by atoms with van der Waals surface area (Å²) in [5.41, 5.74) is 3.50. The first-order chi connectivity index (χ1) is 8.24. The zero-order valence-electron chi connectivity index (χ0n) is 9.14. The van der Waals surface area contributed by atoms with Crippen LogP contribution in [0.4, 0.5) is 0 Å². The van der Waals surface area contributed by atoms with Gasteiger partial charge in [0, 0.05) is 0 Å². The molecule has 1 aromatic carbocycles. The number of hydrogen-bond acceptors (Lipinski definition) is 2. The molecule has 0 unspecified atom stereocenters. The van der Waals surface area contributed by atoms with Gasteiger partial charge in [0.05, 0.1) is 0 Å². The summed E-state index contributed by atoms with van der Waals surface area (Å²) in [6.07, 6.45) is 1.52. The van der Waals surface area contributed by atoms with Gasteiger partial charge in [-0.2, -0.15) is 0 Å². The predicted molar refractivity (Wildman–Crippen MR) is 71.7 cm³/mol. The summed E-state index contributed by atoms with van der Waals surface area (Å²) in [5, 5.41) is 0.591. The molecule has 2 nitrogen and oxygen atoms in total. The molecule has 17 heavy (non-hydrogen) atoms. The van der Waals surface area contributed by atoms with Crippen LogP contribution in [-0.2, 0) is 0 Å². The van der Waals surface area contributed by atoms with Crippen molar-refractivity contribution in [3.05, 3.63) is 47.4 Å². The molecule has 0 aliphatic heterocycles. The topological polar surface area (TPSA) is 25.8 Å². The number of benzene rings is 1. The van der Waals surface area contributed by atoms with Crippen molar-refractivity contribution in [2.75, 3.05) is 0 Å². The molecule has 0 spiro atoms. The molecular weight excluding hydrogens is 299 g/mol. The molecule has 0 fully saturated rings. The summed E-state index contributed by atoms with van der Waals surface area (Å²) in [6, 6.07) is 10.7. The van der Waals surface area contributed by atoms with E-state index in [4.69, 9.17) is 11.6 Å². The minimum atomic E-state index is 0.211. The Morgan fingerprint density at radius 1 is 1.12 bits per heavy atom. The van der Waals surface area contributed by atoms with Crippen LogP contribution >= 0.6 is 11.6 Å². The maximum atomic E-state index is 6.08. The van der Waals surface area contributed by atoms with Crippen LogP contribution in [0.1, 0.15) is 5.56 Å². The van der Waals surface area contributed by atoms with Gasteiger partial charge in [-0.3, -0.25) is 0 Å². The van der Waals surface area contributed by atoms with E-state index in [1.54, 1.807) is 0 Å². The number of rotatable bonds is 1. The second-order valence-corrected chi connectivity index (χ2v) is 6.42. The van der Waals surface area contributed by atoms with Crippen molar-refractivity contribution in [1.29, 1.82) is 0 Å². The van der Waals surface area contributed by atoms with Crippen LogP contribution in [0.3, 0.4) is 0 Å². The number of fused-ring (bicyclic) bond motifs is 1. The van der Waals surface area contributed by atoms with Gasteiger partial charge in [0.1, 0.15) is 0 Å². The zero-order chi connectivity index (χ0) is 11.8. The zero-order valence-corrected chi connectivity index (χ0v) is 11.6. The summed E-state index contributed by atoms with van der Waals surface area (Å²) in [4.78, 5) is 8.29. The van der Waals surface area contributed by atoms with E-state index in [2.05, 4.69) is 47.2 Å². The molecule has 0 saturated carbocycles. The average molecular weight is 308 g/mol. The molecule has 0 aliphatic rings. The second-order valence-electron chi connectivity index (χ2n) is 3.86. The van der Waals surface area contributed by atoms with Gasteiger partial charge >= 0.3 is 110 Å². The average Bonchev–Trinajstić information content (AvgIpc) is 2.75. The van der Waals surface area contributed by atoms with Crippen molar-refractivity contribution in [3.8, 4) is 10.0 Å². The van der Waals surface area contributed by atoms with Crippen LogP contribution in [0.5, 0.6) is 0 Å². The summed E-state index contributed by atoms with van der Waals surface area (Å²) in [5.74, 6) is 0. The molecule has 0 saturated heterocycles. The van der Waals surface area contributed by atoms with Crippen LogP contribution in [0, 0.1) is 6.92 Å². The van der Waals surface area contributed by atoms with Gasteiger partial charge in [-0.25, -0.2) is 0 Å². The van der Waals surface area contributed by atoms with E-state index in [0.717, 1.165) is 9.78 Å². The van der Waals surface area contributed by atoms with Gasteiger partial charge < -0.3 is 0 Å². The van der Waals surface area contributed by atoms with Crippen molar-refractivity contribution in [2.24, 2.45) is 0 Å². The third kappa shape index (κ3) is 2.02. The van der Waals surface area contributed by atoms with Gasteiger partial charge in [0.25, 0.3) is 0 Å². The van der Waals surface area contributed by atoms with E-state index >= 15 is 0 Å². The Morgan fingerprint density at radius 2 is 1.88 bits per heavy atom. The molecule has 0 atom stereocenters. The molecule has 0 amide bonds. The molecule has 3 rings (SSSR count). The number of aromatic nitrogens is 2. The third-order valence-electron chi connectivity index (χ3n) is 2.60. The minimum absolute atomic E-state index is 0.211. The molecule has 3 aromatic rings. The number of halogens is 1. The van der Waals surface area contributed by atoms with Crippen LogP contribution in [0.15, 0.2) is 36.7 Å². The van der Waals surface area contributed by atoms with E-state index in [1.807, 2.05) is 0 Å². The fraction of sp³-hybridized carbons (Fsp3) is 0.0769. The van der Waals surface area contributed by atoms with Gasteiger partial charge in [-0.1, -0.05) is 0 Å². The standard InChI is InChI=1S/C13H9ClN2Se/c1-8-2-4-9(5-3-8)11-6-10-12(17-11)13(14)16-7-15-10/h2-7H,1H3. The number of hydrogen-bond donors (Lipinski definition) is 0. The Hall–Kier alpha value is -1.15. The normalized spacial score (nSPS) is 10.9. The summed E-state index contributed by atoms with van der Waals surface area (Å²) in [7, 11) is 0. The van der Waals surface area contributed by atoms with Gasteiger partial charge in [0.15, 0.2) is 0 Å². The van der Waals surface area contributed by atoms with Crippen molar-refractivity contribution in [1.82, 2.24) is 9.97 Å². The van der Waals surface area contributed by atoms with Crippen molar-refractivity contribution < 1.29 is 0 Å². The van der Waals surface area contributed by atoms with Gasteiger partial charge in [0.2, 0.25) is 0 Å². The van der Waals surface area contributed by atoms with Crippen molar-refractivity contribution in [3.63, 3.8) is 0 Å². The maximum absolute atomic E-state index is 6.08. The predicted octanol–water partition coefficient (Wildman–Crippen LogP) is 3.32. The van der Waals surface area contributed by atoms with E-state index in [0.29, 0.717) is 5.15 Å². The quantitative estimate of drug-likeness (QED) is 0.509. The molecule has 0 N–H and O–H groups in total. The molecule has 2 aromatic heterocycles. The number of nitrogens with zero attached hydrogens (tertiary/aromatic N) is 2. The Bertz CT molecular complexity index is 673. The first-order valence-electron chi connectivity index (χ1n) is 5.21. The van der Waals surface area contributed by atoms with E-state index < -0.39 is 0 Å². The SMILES string of the molecule is Cc1ccc(-c2cc3ncnc(Cl)c3[se]2)cc1.